The largest absolute Gasteiger partial charge is 0.354 e. The van der Waals surface area contributed by atoms with Crippen LogP contribution in [0.15, 0.2) is 54.7 Å². The highest BCUT2D eigenvalue weighted by molar-refractivity contribution is 5.38. The molecular weight excluding hydrogens is 272 g/mol. The molecule has 2 heterocycles. The number of piperazine rings is 1. The zero-order chi connectivity index (χ0) is 15.2. The second kappa shape index (κ2) is 7.38. The first kappa shape index (κ1) is 15.0. The average Bonchev–Trinajstić information content (AvgIpc) is 2.61. The van der Waals surface area contributed by atoms with Crippen LogP contribution in [0, 0.1) is 0 Å². The van der Waals surface area contributed by atoms with Gasteiger partial charge in [-0.25, -0.2) is 4.98 Å². The van der Waals surface area contributed by atoms with Crippen LogP contribution in [0.2, 0.25) is 0 Å². The zero-order valence-corrected chi connectivity index (χ0v) is 12.9. The van der Waals surface area contributed by atoms with E-state index in [-0.39, 0.29) is 6.04 Å². The highest BCUT2D eigenvalue weighted by Gasteiger charge is 2.18. The van der Waals surface area contributed by atoms with Crippen LogP contribution in [-0.2, 0) is 0 Å². The van der Waals surface area contributed by atoms with Gasteiger partial charge in [0.1, 0.15) is 5.82 Å². The van der Waals surface area contributed by atoms with Crippen LogP contribution < -0.4 is 10.6 Å². The minimum absolute atomic E-state index is 0.134. The Morgan fingerprint density at radius 3 is 2.36 bits per heavy atom. The molecule has 0 amide bonds. The van der Waals surface area contributed by atoms with Crippen molar-refractivity contribution in [3.05, 3.63) is 60.3 Å². The molecule has 0 radical (unpaired) electrons. The van der Waals surface area contributed by atoms with Gasteiger partial charge in [0, 0.05) is 45.0 Å². The summed E-state index contributed by atoms with van der Waals surface area (Å²) in [5, 5.41) is 0. The molecule has 2 aromatic rings. The van der Waals surface area contributed by atoms with Crippen molar-refractivity contribution in [2.45, 2.75) is 12.5 Å². The van der Waals surface area contributed by atoms with E-state index in [4.69, 9.17) is 5.73 Å². The van der Waals surface area contributed by atoms with Crippen molar-refractivity contribution in [2.24, 2.45) is 5.73 Å². The maximum absolute atomic E-state index is 6.28. The highest BCUT2D eigenvalue weighted by Crippen LogP contribution is 2.16. The molecule has 1 saturated heterocycles. The third-order valence-electron chi connectivity index (χ3n) is 4.33. The molecule has 1 aromatic carbocycles. The quantitative estimate of drug-likeness (QED) is 0.919. The Hall–Kier alpha value is -1.91. The number of nitrogens with two attached hydrogens (primary N) is 1. The molecule has 1 aliphatic rings. The molecule has 0 aliphatic carbocycles. The van der Waals surface area contributed by atoms with Gasteiger partial charge in [0.25, 0.3) is 0 Å². The van der Waals surface area contributed by atoms with Crippen molar-refractivity contribution in [1.29, 1.82) is 0 Å². The van der Waals surface area contributed by atoms with Crippen molar-refractivity contribution < 1.29 is 0 Å². The normalized spacial score (nSPS) is 17.4. The Labute approximate surface area is 132 Å². The molecule has 1 aliphatic heterocycles. The Kier molecular flexibility index (Phi) is 5.03. The molecule has 0 bridgehead atoms. The van der Waals surface area contributed by atoms with Crippen LogP contribution in [0.1, 0.15) is 18.0 Å². The van der Waals surface area contributed by atoms with Gasteiger partial charge in [-0.1, -0.05) is 36.4 Å². The highest BCUT2D eigenvalue weighted by atomic mass is 15.3. The van der Waals surface area contributed by atoms with Crippen LogP contribution in [0.4, 0.5) is 5.82 Å². The monoisotopic (exact) mass is 296 g/mol. The van der Waals surface area contributed by atoms with Crippen molar-refractivity contribution in [1.82, 2.24) is 9.88 Å². The van der Waals surface area contributed by atoms with E-state index >= 15 is 0 Å². The average molecular weight is 296 g/mol. The van der Waals surface area contributed by atoms with E-state index in [2.05, 4.69) is 45.1 Å². The summed E-state index contributed by atoms with van der Waals surface area (Å²) >= 11 is 0. The van der Waals surface area contributed by atoms with E-state index in [0.29, 0.717) is 0 Å². The van der Waals surface area contributed by atoms with Gasteiger partial charge in [0.05, 0.1) is 0 Å². The predicted octanol–water partition coefficient (Wildman–Crippen LogP) is 2.29. The molecule has 4 heteroatoms. The number of anilines is 1. The summed E-state index contributed by atoms with van der Waals surface area (Å²) < 4.78 is 0. The van der Waals surface area contributed by atoms with Gasteiger partial charge in [-0.05, 0) is 24.1 Å². The molecule has 0 saturated carbocycles. The van der Waals surface area contributed by atoms with Gasteiger partial charge in [-0.2, -0.15) is 0 Å². The number of aromatic nitrogens is 1. The third-order valence-corrected chi connectivity index (χ3v) is 4.33. The molecular formula is C18H24N4. The summed E-state index contributed by atoms with van der Waals surface area (Å²) in [5.74, 6) is 1.09. The van der Waals surface area contributed by atoms with Gasteiger partial charge in [0.15, 0.2) is 0 Å². The molecule has 116 valence electrons. The van der Waals surface area contributed by atoms with Crippen molar-refractivity contribution in [2.75, 3.05) is 37.6 Å². The Morgan fingerprint density at radius 2 is 1.68 bits per heavy atom. The maximum Gasteiger partial charge on any atom is 0.128 e. The maximum atomic E-state index is 6.28. The first-order chi connectivity index (χ1) is 10.8. The first-order valence-corrected chi connectivity index (χ1v) is 8.02. The van der Waals surface area contributed by atoms with E-state index in [1.165, 1.54) is 5.56 Å². The van der Waals surface area contributed by atoms with Crippen molar-refractivity contribution in [3.8, 4) is 0 Å². The van der Waals surface area contributed by atoms with E-state index in [1.54, 1.807) is 0 Å². The lowest BCUT2D eigenvalue weighted by molar-refractivity contribution is 0.248. The predicted molar refractivity (Wildman–Crippen MR) is 90.9 cm³/mol. The van der Waals surface area contributed by atoms with E-state index < -0.39 is 0 Å². The van der Waals surface area contributed by atoms with Crippen LogP contribution in [0.3, 0.4) is 0 Å². The van der Waals surface area contributed by atoms with E-state index in [1.807, 2.05) is 24.4 Å². The lowest BCUT2D eigenvalue weighted by Crippen LogP contribution is -2.47. The van der Waals surface area contributed by atoms with Gasteiger partial charge >= 0.3 is 0 Å². The molecule has 0 spiro atoms. The summed E-state index contributed by atoms with van der Waals surface area (Å²) in [4.78, 5) is 9.29. The Balaban J connectivity index is 1.44. The summed E-state index contributed by atoms with van der Waals surface area (Å²) in [6.45, 7) is 5.30. The standard InChI is InChI=1S/C18H24N4/c19-17(16-6-2-1-3-7-16)9-11-21-12-14-22(15-13-21)18-8-4-5-10-20-18/h1-8,10,17H,9,11-15,19H2. The number of pyridine rings is 1. The van der Waals surface area contributed by atoms with E-state index in [0.717, 1.165) is 45.0 Å². The molecule has 4 nitrogen and oxygen atoms in total. The van der Waals surface area contributed by atoms with Gasteiger partial charge in [-0.15, -0.1) is 0 Å². The summed E-state index contributed by atoms with van der Waals surface area (Å²) in [6.07, 6.45) is 2.87. The fourth-order valence-electron chi connectivity index (χ4n) is 2.93. The minimum atomic E-state index is 0.134. The lowest BCUT2D eigenvalue weighted by atomic mass is 10.0. The summed E-state index contributed by atoms with van der Waals surface area (Å²) in [6, 6.07) is 16.6. The fraction of sp³-hybridized carbons (Fsp3) is 0.389. The molecule has 3 rings (SSSR count). The van der Waals surface area contributed by atoms with Crippen molar-refractivity contribution >= 4 is 5.82 Å². The minimum Gasteiger partial charge on any atom is -0.354 e. The smallest absolute Gasteiger partial charge is 0.128 e. The van der Waals surface area contributed by atoms with E-state index in [9.17, 15) is 0 Å². The number of nitrogens with zero attached hydrogens (tertiary/aromatic N) is 3. The summed E-state index contributed by atoms with van der Waals surface area (Å²) in [7, 11) is 0. The second-order valence-electron chi connectivity index (χ2n) is 5.82. The molecule has 22 heavy (non-hydrogen) atoms. The Bertz CT molecular complexity index is 550. The number of hydrogen-bond donors (Lipinski definition) is 1. The molecule has 2 N–H and O–H groups in total. The molecule has 1 aromatic heterocycles. The number of benzene rings is 1. The number of hydrogen-bond acceptors (Lipinski definition) is 4. The summed E-state index contributed by atoms with van der Waals surface area (Å²) in [5.41, 5.74) is 7.51. The molecule has 1 unspecified atom stereocenters. The van der Waals surface area contributed by atoms with Crippen LogP contribution in [0.5, 0.6) is 0 Å². The fourth-order valence-corrected chi connectivity index (χ4v) is 2.93. The third kappa shape index (κ3) is 3.84. The number of rotatable bonds is 5. The zero-order valence-electron chi connectivity index (χ0n) is 12.9. The second-order valence-corrected chi connectivity index (χ2v) is 5.82. The lowest BCUT2D eigenvalue weighted by Gasteiger charge is -2.35. The topological polar surface area (TPSA) is 45.4 Å². The van der Waals surface area contributed by atoms with Crippen LogP contribution in [0.25, 0.3) is 0 Å². The van der Waals surface area contributed by atoms with Gasteiger partial charge in [0.2, 0.25) is 0 Å². The first-order valence-electron chi connectivity index (χ1n) is 8.02. The van der Waals surface area contributed by atoms with Crippen LogP contribution in [-0.4, -0.2) is 42.6 Å². The van der Waals surface area contributed by atoms with Gasteiger partial charge in [-0.3, -0.25) is 4.90 Å². The SMILES string of the molecule is NC(CCN1CCN(c2ccccn2)CC1)c1ccccc1. The van der Waals surface area contributed by atoms with Crippen molar-refractivity contribution in [3.63, 3.8) is 0 Å². The Morgan fingerprint density at radius 1 is 0.955 bits per heavy atom. The van der Waals surface area contributed by atoms with Crippen LogP contribution >= 0.6 is 0 Å². The molecule has 1 fully saturated rings. The molecule has 1 atom stereocenters. The van der Waals surface area contributed by atoms with Gasteiger partial charge < -0.3 is 10.6 Å².